The first kappa shape index (κ1) is 14.7. The van der Waals surface area contributed by atoms with E-state index in [1.54, 1.807) is 0 Å². The third kappa shape index (κ3) is 4.08. The molecule has 1 unspecified atom stereocenters. The van der Waals surface area contributed by atoms with Gasteiger partial charge in [0.25, 0.3) is 0 Å². The van der Waals surface area contributed by atoms with E-state index in [2.05, 4.69) is 31.9 Å². The van der Waals surface area contributed by atoms with Crippen LogP contribution in [0.5, 0.6) is 0 Å². The molecular formula is C12H15Br2NO2. The Kier molecular flexibility index (Phi) is 5.62. The van der Waals surface area contributed by atoms with Crippen molar-refractivity contribution in [1.29, 1.82) is 0 Å². The van der Waals surface area contributed by atoms with Crippen LogP contribution >= 0.6 is 31.9 Å². The molecule has 0 saturated heterocycles. The van der Waals surface area contributed by atoms with Gasteiger partial charge in [-0.15, -0.1) is 0 Å². The molecule has 0 amide bonds. The average molecular weight is 365 g/mol. The Morgan fingerprint density at radius 2 is 2.06 bits per heavy atom. The molecule has 5 heteroatoms. The predicted molar refractivity (Wildman–Crippen MR) is 75.0 cm³/mol. The maximum absolute atomic E-state index is 11.0. The molecule has 0 aromatic heterocycles. The zero-order valence-electron chi connectivity index (χ0n) is 9.78. The minimum absolute atomic E-state index is 0.433. The number of hydrogen-bond donors (Lipinski definition) is 1. The summed E-state index contributed by atoms with van der Waals surface area (Å²) in [6.45, 7) is 2.50. The fourth-order valence-electron chi connectivity index (χ4n) is 1.71. The normalized spacial score (nSPS) is 12.8. The quantitative estimate of drug-likeness (QED) is 0.869. The standard InChI is InChI=1S/C12H15Br2NO2/c1-3-11(12(16)17)15(2)7-8-4-5-9(13)10(14)6-8/h4-6,11H,3,7H2,1-2H3,(H,16,17). The lowest BCUT2D eigenvalue weighted by Gasteiger charge is -2.23. The number of carbonyl (C=O) groups is 1. The second kappa shape index (κ2) is 6.52. The summed E-state index contributed by atoms with van der Waals surface area (Å²) in [4.78, 5) is 12.9. The third-order valence-corrected chi connectivity index (χ3v) is 4.50. The fourth-order valence-corrected chi connectivity index (χ4v) is 2.38. The lowest BCUT2D eigenvalue weighted by Crippen LogP contribution is -2.37. The zero-order chi connectivity index (χ0) is 13.0. The van der Waals surface area contributed by atoms with E-state index < -0.39 is 12.0 Å². The summed E-state index contributed by atoms with van der Waals surface area (Å²) in [6.07, 6.45) is 0.601. The van der Waals surface area contributed by atoms with Crippen molar-refractivity contribution in [2.24, 2.45) is 0 Å². The molecule has 0 bridgehead atoms. The Balaban J connectivity index is 2.76. The van der Waals surface area contributed by atoms with E-state index in [9.17, 15) is 4.79 Å². The number of rotatable bonds is 5. The lowest BCUT2D eigenvalue weighted by molar-refractivity contribution is -0.143. The molecule has 0 heterocycles. The van der Waals surface area contributed by atoms with E-state index in [-0.39, 0.29) is 0 Å². The molecule has 1 aromatic rings. The van der Waals surface area contributed by atoms with Crippen molar-refractivity contribution in [1.82, 2.24) is 4.90 Å². The molecule has 1 aromatic carbocycles. The number of benzene rings is 1. The minimum Gasteiger partial charge on any atom is -0.480 e. The third-order valence-electron chi connectivity index (χ3n) is 2.62. The van der Waals surface area contributed by atoms with Crippen LogP contribution in [0.4, 0.5) is 0 Å². The van der Waals surface area contributed by atoms with Crippen molar-refractivity contribution in [2.75, 3.05) is 7.05 Å². The Morgan fingerprint density at radius 1 is 1.41 bits per heavy atom. The number of halogens is 2. The van der Waals surface area contributed by atoms with Crippen molar-refractivity contribution >= 4 is 37.8 Å². The van der Waals surface area contributed by atoms with Crippen molar-refractivity contribution < 1.29 is 9.90 Å². The van der Waals surface area contributed by atoms with Gasteiger partial charge in [0.05, 0.1) is 0 Å². The highest BCUT2D eigenvalue weighted by atomic mass is 79.9. The SMILES string of the molecule is CCC(C(=O)O)N(C)Cc1ccc(Br)c(Br)c1. The molecule has 94 valence electrons. The first-order valence-corrected chi connectivity index (χ1v) is 6.91. The Hall–Kier alpha value is -0.390. The van der Waals surface area contributed by atoms with Gasteiger partial charge in [-0.05, 0) is 63.0 Å². The number of nitrogens with zero attached hydrogens (tertiary/aromatic N) is 1. The molecular weight excluding hydrogens is 350 g/mol. The molecule has 0 aliphatic heterocycles. The fraction of sp³-hybridized carbons (Fsp3) is 0.417. The number of aliphatic carboxylic acids is 1. The van der Waals surface area contributed by atoms with Gasteiger partial charge in [-0.2, -0.15) is 0 Å². The predicted octanol–water partition coefficient (Wildman–Crippen LogP) is 3.51. The highest BCUT2D eigenvalue weighted by Gasteiger charge is 2.20. The average Bonchev–Trinajstić information content (AvgIpc) is 2.24. The van der Waals surface area contributed by atoms with Crippen LogP contribution in [0.2, 0.25) is 0 Å². The number of carboxylic acids is 1. The molecule has 0 radical (unpaired) electrons. The van der Waals surface area contributed by atoms with Crippen LogP contribution < -0.4 is 0 Å². The molecule has 0 saturated carbocycles. The van der Waals surface area contributed by atoms with Gasteiger partial charge in [-0.25, -0.2) is 0 Å². The maximum Gasteiger partial charge on any atom is 0.320 e. The van der Waals surface area contributed by atoms with Gasteiger partial charge in [0.2, 0.25) is 0 Å². The second-order valence-corrected chi connectivity index (χ2v) is 5.63. The van der Waals surface area contributed by atoms with Crippen LogP contribution in [-0.2, 0) is 11.3 Å². The van der Waals surface area contributed by atoms with Gasteiger partial charge in [0, 0.05) is 15.5 Å². The summed E-state index contributed by atoms with van der Waals surface area (Å²) in [6, 6.07) is 5.50. The lowest BCUT2D eigenvalue weighted by atomic mass is 10.1. The largest absolute Gasteiger partial charge is 0.480 e. The number of hydrogen-bond acceptors (Lipinski definition) is 2. The Bertz CT molecular complexity index is 409. The highest BCUT2D eigenvalue weighted by Crippen LogP contribution is 2.24. The van der Waals surface area contributed by atoms with Crippen molar-refractivity contribution in [3.05, 3.63) is 32.7 Å². The maximum atomic E-state index is 11.0. The molecule has 3 nitrogen and oxygen atoms in total. The Morgan fingerprint density at radius 3 is 2.53 bits per heavy atom. The molecule has 1 rings (SSSR count). The summed E-state index contributed by atoms with van der Waals surface area (Å²) in [5.74, 6) is -0.772. The monoisotopic (exact) mass is 363 g/mol. The van der Waals surface area contributed by atoms with E-state index in [1.165, 1.54) is 0 Å². The van der Waals surface area contributed by atoms with E-state index >= 15 is 0 Å². The zero-order valence-corrected chi connectivity index (χ0v) is 13.0. The minimum atomic E-state index is -0.772. The van der Waals surface area contributed by atoms with Crippen LogP contribution in [-0.4, -0.2) is 29.1 Å². The first-order valence-electron chi connectivity index (χ1n) is 5.32. The second-order valence-electron chi connectivity index (χ2n) is 3.93. The highest BCUT2D eigenvalue weighted by molar-refractivity contribution is 9.13. The first-order chi connectivity index (χ1) is 7.95. The van der Waals surface area contributed by atoms with Gasteiger partial charge < -0.3 is 5.11 Å². The van der Waals surface area contributed by atoms with E-state index in [1.807, 2.05) is 37.1 Å². The summed E-state index contributed by atoms with van der Waals surface area (Å²) in [5.41, 5.74) is 1.09. The van der Waals surface area contributed by atoms with Crippen LogP contribution in [0, 0.1) is 0 Å². The number of likely N-dealkylation sites (N-methyl/N-ethyl adjacent to an activating group) is 1. The van der Waals surface area contributed by atoms with Gasteiger partial charge >= 0.3 is 5.97 Å². The van der Waals surface area contributed by atoms with Crippen molar-refractivity contribution in [3.63, 3.8) is 0 Å². The van der Waals surface area contributed by atoms with Gasteiger partial charge in [-0.1, -0.05) is 13.0 Å². The summed E-state index contributed by atoms with van der Waals surface area (Å²) < 4.78 is 1.97. The van der Waals surface area contributed by atoms with E-state index in [0.29, 0.717) is 13.0 Å². The van der Waals surface area contributed by atoms with Crippen LogP contribution in [0.15, 0.2) is 27.1 Å². The molecule has 1 atom stereocenters. The van der Waals surface area contributed by atoms with Crippen LogP contribution in [0.1, 0.15) is 18.9 Å². The molecule has 0 aliphatic carbocycles. The molecule has 0 fully saturated rings. The topological polar surface area (TPSA) is 40.5 Å². The van der Waals surface area contributed by atoms with Crippen LogP contribution in [0.25, 0.3) is 0 Å². The van der Waals surface area contributed by atoms with Gasteiger partial charge in [0.15, 0.2) is 0 Å². The van der Waals surface area contributed by atoms with Gasteiger partial charge in [0.1, 0.15) is 6.04 Å². The van der Waals surface area contributed by atoms with Crippen molar-refractivity contribution in [2.45, 2.75) is 25.9 Å². The van der Waals surface area contributed by atoms with Crippen molar-refractivity contribution in [3.8, 4) is 0 Å². The molecule has 0 spiro atoms. The van der Waals surface area contributed by atoms with E-state index in [0.717, 1.165) is 14.5 Å². The molecule has 0 aliphatic rings. The van der Waals surface area contributed by atoms with Gasteiger partial charge in [-0.3, -0.25) is 9.69 Å². The molecule has 17 heavy (non-hydrogen) atoms. The summed E-state index contributed by atoms with van der Waals surface area (Å²) in [5, 5.41) is 9.06. The number of carboxylic acid groups (broad SMARTS) is 1. The summed E-state index contributed by atoms with van der Waals surface area (Å²) >= 11 is 6.84. The van der Waals surface area contributed by atoms with E-state index in [4.69, 9.17) is 5.11 Å². The summed E-state index contributed by atoms with van der Waals surface area (Å²) in [7, 11) is 1.83. The van der Waals surface area contributed by atoms with Crippen LogP contribution in [0.3, 0.4) is 0 Å². The molecule has 1 N–H and O–H groups in total. The Labute approximate surface area is 118 Å². The smallest absolute Gasteiger partial charge is 0.320 e.